The van der Waals surface area contributed by atoms with E-state index in [9.17, 15) is 0 Å². The molecule has 6 heteroatoms. The minimum absolute atomic E-state index is 0.567. The van der Waals surface area contributed by atoms with Crippen LogP contribution < -0.4 is 0 Å². The molecule has 11 rings (SSSR count). The van der Waals surface area contributed by atoms with Crippen LogP contribution in [0.5, 0.6) is 0 Å². The minimum Gasteiger partial charge on any atom is -0.456 e. The highest BCUT2D eigenvalue weighted by molar-refractivity contribution is 6.12. The lowest BCUT2D eigenvalue weighted by Gasteiger charge is -2.11. The summed E-state index contributed by atoms with van der Waals surface area (Å²) in [5, 5.41) is 6.52. The Bertz CT molecular complexity index is 3100. The van der Waals surface area contributed by atoms with Crippen LogP contribution in [0.25, 0.3) is 106 Å². The molecule has 0 saturated heterocycles. The van der Waals surface area contributed by atoms with Crippen molar-refractivity contribution < 1.29 is 8.83 Å². The van der Waals surface area contributed by atoms with Crippen molar-refractivity contribution in [2.75, 3.05) is 0 Å². The number of furan rings is 2. The first-order valence-corrected chi connectivity index (χ1v) is 16.9. The lowest BCUT2D eigenvalue weighted by Crippen LogP contribution is -2.06. The van der Waals surface area contributed by atoms with Gasteiger partial charge < -0.3 is 8.83 Å². The molecule has 0 bridgehead atoms. The Morgan fingerprint density at radius 1 is 0.373 bits per heavy atom. The molecular formula is C45H26N4O2. The summed E-state index contributed by atoms with van der Waals surface area (Å²) < 4.78 is 14.8. The molecule has 0 unspecified atom stereocenters. The van der Waals surface area contributed by atoms with E-state index in [1.807, 2.05) is 66.7 Å². The second-order valence-electron chi connectivity index (χ2n) is 12.8. The Morgan fingerprint density at radius 3 is 1.73 bits per heavy atom. The topological polar surface area (TPSA) is 69.9 Å². The lowest BCUT2D eigenvalue weighted by atomic mass is 10.00. The van der Waals surface area contributed by atoms with Gasteiger partial charge in [0, 0.05) is 49.0 Å². The smallest absolute Gasteiger partial charge is 0.238 e. The summed E-state index contributed by atoms with van der Waals surface area (Å²) in [5.74, 6) is 1.77. The number of para-hydroxylation sites is 4. The molecule has 7 aromatic carbocycles. The van der Waals surface area contributed by atoms with Gasteiger partial charge in [-0.3, -0.25) is 4.57 Å². The van der Waals surface area contributed by atoms with Gasteiger partial charge in [-0.05, 0) is 54.1 Å². The monoisotopic (exact) mass is 654 g/mol. The van der Waals surface area contributed by atoms with Crippen LogP contribution in [-0.2, 0) is 0 Å². The van der Waals surface area contributed by atoms with E-state index in [2.05, 4.69) is 95.6 Å². The van der Waals surface area contributed by atoms with Crippen LogP contribution in [-0.4, -0.2) is 19.5 Å². The van der Waals surface area contributed by atoms with Crippen LogP contribution in [0.15, 0.2) is 167 Å². The molecule has 0 spiro atoms. The molecule has 0 aliphatic heterocycles. The highest BCUT2D eigenvalue weighted by atomic mass is 16.3. The van der Waals surface area contributed by atoms with E-state index in [1.54, 1.807) is 0 Å². The van der Waals surface area contributed by atoms with E-state index in [1.165, 1.54) is 0 Å². The van der Waals surface area contributed by atoms with Crippen molar-refractivity contribution in [1.29, 1.82) is 0 Å². The molecule has 0 fully saturated rings. The molecule has 238 valence electrons. The summed E-state index contributed by atoms with van der Waals surface area (Å²) in [4.78, 5) is 15.3. The highest BCUT2D eigenvalue weighted by Crippen LogP contribution is 2.40. The summed E-state index contributed by atoms with van der Waals surface area (Å²) in [6.07, 6.45) is 0. The fourth-order valence-electron chi connectivity index (χ4n) is 7.51. The Morgan fingerprint density at radius 2 is 0.941 bits per heavy atom. The van der Waals surface area contributed by atoms with Crippen molar-refractivity contribution >= 4 is 65.7 Å². The zero-order valence-electron chi connectivity index (χ0n) is 27.1. The SMILES string of the molecule is c1ccc(-c2nc(-c3ccc4oc5c(-c6ccc7oc8ccccc8c7c6)cccc5c4c3)nc(-n3c4ccccc4c4ccccc43)n2)cc1. The molecule has 0 aliphatic rings. The van der Waals surface area contributed by atoms with Gasteiger partial charge in [0.1, 0.15) is 22.3 Å². The predicted molar refractivity (Wildman–Crippen MR) is 205 cm³/mol. The molecular weight excluding hydrogens is 629 g/mol. The van der Waals surface area contributed by atoms with E-state index in [4.69, 9.17) is 23.8 Å². The number of hydrogen-bond donors (Lipinski definition) is 0. The second kappa shape index (κ2) is 10.7. The van der Waals surface area contributed by atoms with Gasteiger partial charge >= 0.3 is 0 Å². The maximum absolute atomic E-state index is 6.60. The van der Waals surface area contributed by atoms with Crippen LogP contribution in [0, 0.1) is 0 Å². The zero-order valence-corrected chi connectivity index (χ0v) is 27.1. The maximum Gasteiger partial charge on any atom is 0.238 e. The number of benzene rings is 7. The molecule has 0 N–H and O–H groups in total. The quantitative estimate of drug-likeness (QED) is 0.189. The van der Waals surface area contributed by atoms with Gasteiger partial charge in [-0.25, -0.2) is 4.98 Å². The van der Waals surface area contributed by atoms with Gasteiger partial charge in [-0.15, -0.1) is 0 Å². The molecule has 4 heterocycles. The largest absolute Gasteiger partial charge is 0.456 e. The van der Waals surface area contributed by atoms with E-state index in [0.29, 0.717) is 17.6 Å². The van der Waals surface area contributed by atoms with Crippen molar-refractivity contribution in [1.82, 2.24) is 19.5 Å². The van der Waals surface area contributed by atoms with E-state index in [0.717, 1.165) is 87.9 Å². The van der Waals surface area contributed by atoms with E-state index < -0.39 is 0 Å². The second-order valence-corrected chi connectivity index (χ2v) is 12.8. The number of nitrogens with zero attached hydrogens (tertiary/aromatic N) is 4. The van der Waals surface area contributed by atoms with Gasteiger partial charge in [-0.2, -0.15) is 9.97 Å². The molecule has 0 aliphatic carbocycles. The molecule has 0 atom stereocenters. The van der Waals surface area contributed by atoms with E-state index in [-0.39, 0.29) is 0 Å². The van der Waals surface area contributed by atoms with Crippen LogP contribution in [0.4, 0.5) is 0 Å². The lowest BCUT2D eigenvalue weighted by molar-refractivity contribution is 0.668. The third kappa shape index (κ3) is 4.26. The van der Waals surface area contributed by atoms with Crippen molar-refractivity contribution in [3.8, 4) is 39.9 Å². The van der Waals surface area contributed by atoms with Crippen LogP contribution in [0.3, 0.4) is 0 Å². The summed E-state index contributed by atoms with van der Waals surface area (Å²) in [7, 11) is 0. The Balaban J connectivity index is 1.11. The Hall–Kier alpha value is -7.05. The average molecular weight is 655 g/mol. The molecule has 6 nitrogen and oxygen atoms in total. The third-order valence-corrected chi connectivity index (χ3v) is 9.88. The molecule has 11 aromatic rings. The Kier molecular flexibility index (Phi) is 5.86. The van der Waals surface area contributed by atoms with Crippen LogP contribution >= 0.6 is 0 Å². The number of fused-ring (bicyclic) bond motifs is 9. The first-order chi connectivity index (χ1) is 25.3. The minimum atomic E-state index is 0.567. The normalized spacial score (nSPS) is 11.9. The fraction of sp³-hybridized carbons (Fsp3) is 0. The average Bonchev–Trinajstić information content (AvgIpc) is 3.87. The van der Waals surface area contributed by atoms with Gasteiger partial charge in [-0.1, -0.05) is 109 Å². The molecule has 0 radical (unpaired) electrons. The number of aromatic nitrogens is 4. The van der Waals surface area contributed by atoms with Crippen molar-refractivity contribution in [3.05, 3.63) is 158 Å². The molecule has 51 heavy (non-hydrogen) atoms. The number of rotatable bonds is 4. The summed E-state index contributed by atoms with van der Waals surface area (Å²) >= 11 is 0. The maximum atomic E-state index is 6.60. The number of hydrogen-bond acceptors (Lipinski definition) is 5. The zero-order chi connectivity index (χ0) is 33.5. The summed E-state index contributed by atoms with van der Waals surface area (Å²) in [6, 6.07) is 53.9. The standard InChI is InChI=1S/C45H26N4O2/c1-2-11-27(12-3-1)43-46-44(48-45(47-43)49-37-18-7-4-13-31(37)32-14-5-8-19-38(32)49)29-22-24-41-36(26-29)34-17-10-16-30(42(34)51-41)28-21-23-40-35(25-28)33-15-6-9-20-39(33)50-40/h1-26H. The first kappa shape index (κ1) is 27.9. The molecule has 4 aromatic heterocycles. The van der Waals surface area contributed by atoms with E-state index >= 15 is 0 Å². The van der Waals surface area contributed by atoms with Crippen molar-refractivity contribution in [2.24, 2.45) is 0 Å². The highest BCUT2D eigenvalue weighted by Gasteiger charge is 2.19. The third-order valence-electron chi connectivity index (χ3n) is 9.88. The van der Waals surface area contributed by atoms with Crippen LogP contribution in [0.1, 0.15) is 0 Å². The van der Waals surface area contributed by atoms with Gasteiger partial charge in [0.15, 0.2) is 11.6 Å². The van der Waals surface area contributed by atoms with Crippen molar-refractivity contribution in [3.63, 3.8) is 0 Å². The first-order valence-electron chi connectivity index (χ1n) is 16.9. The van der Waals surface area contributed by atoms with Gasteiger partial charge in [0.25, 0.3) is 0 Å². The molecule has 0 amide bonds. The van der Waals surface area contributed by atoms with Gasteiger partial charge in [0.05, 0.1) is 11.0 Å². The Labute approximate surface area is 290 Å². The predicted octanol–water partition coefficient (Wildman–Crippen LogP) is 11.8. The fourth-order valence-corrected chi connectivity index (χ4v) is 7.51. The van der Waals surface area contributed by atoms with Crippen LogP contribution in [0.2, 0.25) is 0 Å². The molecule has 0 saturated carbocycles. The summed E-state index contributed by atoms with van der Waals surface area (Å²) in [6.45, 7) is 0. The van der Waals surface area contributed by atoms with Crippen molar-refractivity contribution in [2.45, 2.75) is 0 Å². The van der Waals surface area contributed by atoms with Gasteiger partial charge in [0.2, 0.25) is 5.95 Å². The summed E-state index contributed by atoms with van der Waals surface area (Å²) in [5.41, 5.74) is 9.37.